The standard InChI is InChI=1S/C30H30N2O2/c1-4-31-19-26(24-13-7-8-15-27(24)31)22-16-17-32(18-22)30(34)28-21(3)11-9-14-25(28)29(33)23-12-6-5-10-20(23)2/h5-15,19,22H,4,16-18H2,1-3H3. The zero-order valence-corrected chi connectivity index (χ0v) is 20.0. The van der Waals surface area contributed by atoms with Crippen LogP contribution in [0.4, 0.5) is 0 Å². The quantitative estimate of drug-likeness (QED) is 0.343. The number of para-hydroxylation sites is 1. The van der Waals surface area contributed by atoms with E-state index in [0.717, 1.165) is 24.1 Å². The van der Waals surface area contributed by atoms with Gasteiger partial charge in [-0.3, -0.25) is 9.59 Å². The van der Waals surface area contributed by atoms with E-state index in [2.05, 4.69) is 42.0 Å². The van der Waals surface area contributed by atoms with Gasteiger partial charge in [0, 0.05) is 53.8 Å². The van der Waals surface area contributed by atoms with Crippen LogP contribution in [0.5, 0.6) is 0 Å². The Hall–Kier alpha value is -3.66. The molecule has 1 unspecified atom stereocenters. The smallest absolute Gasteiger partial charge is 0.254 e. The fourth-order valence-electron chi connectivity index (χ4n) is 5.33. The Morgan fingerprint density at radius 3 is 2.38 bits per heavy atom. The van der Waals surface area contributed by atoms with Crippen LogP contribution in [0.15, 0.2) is 72.9 Å². The lowest BCUT2D eigenvalue weighted by molar-refractivity contribution is 0.0785. The second-order valence-corrected chi connectivity index (χ2v) is 9.27. The number of fused-ring (bicyclic) bond motifs is 1. The summed E-state index contributed by atoms with van der Waals surface area (Å²) in [7, 11) is 0. The molecule has 1 fully saturated rings. The minimum atomic E-state index is -0.0908. The molecule has 0 spiro atoms. The van der Waals surface area contributed by atoms with E-state index in [1.54, 1.807) is 6.07 Å². The Morgan fingerprint density at radius 1 is 0.882 bits per heavy atom. The summed E-state index contributed by atoms with van der Waals surface area (Å²) in [6, 6.07) is 21.6. The van der Waals surface area contributed by atoms with Gasteiger partial charge in [-0.05, 0) is 49.9 Å². The molecule has 0 bridgehead atoms. The topological polar surface area (TPSA) is 42.3 Å². The fraction of sp³-hybridized carbons (Fsp3) is 0.267. The van der Waals surface area contributed by atoms with Crippen molar-refractivity contribution >= 4 is 22.6 Å². The normalized spacial score (nSPS) is 15.7. The van der Waals surface area contributed by atoms with Crippen molar-refractivity contribution < 1.29 is 9.59 Å². The second kappa shape index (κ2) is 8.94. The van der Waals surface area contributed by atoms with Crippen LogP contribution in [0.1, 0.15) is 62.2 Å². The van der Waals surface area contributed by atoms with Crippen molar-refractivity contribution in [1.29, 1.82) is 0 Å². The van der Waals surface area contributed by atoms with E-state index >= 15 is 0 Å². The average Bonchev–Trinajstić information content (AvgIpc) is 3.48. The summed E-state index contributed by atoms with van der Waals surface area (Å²) < 4.78 is 2.29. The predicted octanol–water partition coefficient (Wildman–Crippen LogP) is 6.14. The summed E-state index contributed by atoms with van der Waals surface area (Å²) in [5, 5.41) is 1.27. The zero-order valence-electron chi connectivity index (χ0n) is 20.0. The van der Waals surface area contributed by atoms with Crippen LogP contribution in [0.25, 0.3) is 10.9 Å². The Labute approximate surface area is 200 Å². The first kappa shape index (κ1) is 22.1. The van der Waals surface area contributed by atoms with E-state index < -0.39 is 0 Å². The molecule has 0 radical (unpaired) electrons. The molecule has 1 saturated heterocycles. The van der Waals surface area contributed by atoms with Gasteiger partial charge in [0.1, 0.15) is 0 Å². The van der Waals surface area contributed by atoms with Crippen molar-refractivity contribution in [3.63, 3.8) is 0 Å². The first-order valence-electron chi connectivity index (χ1n) is 12.1. The van der Waals surface area contributed by atoms with Gasteiger partial charge >= 0.3 is 0 Å². The van der Waals surface area contributed by atoms with Gasteiger partial charge in [-0.1, -0.05) is 60.7 Å². The molecule has 4 aromatic rings. The van der Waals surface area contributed by atoms with Gasteiger partial charge in [0.2, 0.25) is 0 Å². The number of carbonyl (C=O) groups is 2. The first-order valence-corrected chi connectivity index (χ1v) is 12.1. The SMILES string of the molecule is CCn1cc(C2CCN(C(=O)c3c(C)cccc3C(=O)c3ccccc3C)C2)c2ccccc21. The van der Waals surface area contributed by atoms with Crippen molar-refractivity contribution in [2.75, 3.05) is 13.1 Å². The number of hydrogen-bond donors (Lipinski definition) is 0. The molecule has 2 heterocycles. The van der Waals surface area contributed by atoms with E-state index in [4.69, 9.17) is 0 Å². The van der Waals surface area contributed by atoms with Gasteiger partial charge in [0.15, 0.2) is 5.78 Å². The fourth-order valence-corrected chi connectivity index (χ4v) is 5.33. The highest BCUT2D eigenvalue weighted by molar-refractivity contribution is 6.16. The molecule has 0 saturated carbocycles. The molecule has 1 aliphatic rings. The van der Waals surface area contributed by atoms with E-state index in [1.165, 1.54) is 16.5 Å². The number of nitrogens with zero attached hydrogens (tertiary/aromatic N) is 2. The summed E-state index contributed by atoms with van der Waals surface area (Å²) in [5.41, 5.74) is 5.99. The zero-order chi connectivity index (χ0) is 23.8. The third-order valence-electron chi connectivity index (χ3n) is 7.20. The van der Waals surface area contributed by atoms with E-state index in [9.17, 15) is 9.59 Å². The van der Waals surface area contributed by atoms with Crippen molar-refractivity contribution in [3.8, 4) is 0 Å². The number of aryl methyl sites for hydroxylation is 3. The van der Waals surface area contributed by atoms with Gasteiger partial charge in [-0.15, -0.1) is 0 Å². The number of likely N-dealkylation sites (tertiary alicyclic amines) is 1. The van der Waals surface area contributed by atoms with Crippen molar-refractivity contribution in [3.05, 3.63) is 106 Å². The van der Waals surface area contributed by atoms with E-state index in [0.29, 0.717) is 35.7 Å². The summed E-state index contributed by atoms with van der Waals surface area (Å²) in [6.07, 6.45) is 3.18. The molecule has 172 valence electrons. The molecular weight excluding hydrogens is 420 g/mol. The van der Waals surface area contributed by atoms with Crippen LogP contribution in [0.3, 0.4) is 0 Å². The highest BCUT2D eigenvalue weighted by Gasteiger charge is 2.32. The molecule has 1 amide bonds. The summed E-state index contributed by atoms with van der Waals surface area (Å²) in [6.45, 7) is 8.30. The number of amides is 1. The van der Waals surface area contributed by atoms with Crippen molar-refractivity contribution in [2.45, 2.75) is 39.7 Å². The number of rotatable bonds is 5. The lowest BCUT2D eigenvalue weighted by atomic mass is 9.92. The van der Waals surface area contributed by atoms with Gasteiger partial charge in [-0.25, -0.2) is 0 Å². The molecule has 4 heteroatoms. The maximum atomic E-state index is 13.8. The summed E-state index contributed by atoms with van der Waals surface area (Å²) >= 11 is 0. The van der Waals surface area contributed by atoms with Crippen LogP contribution in [-0.4, -0.2) is 34.2 Å². The van der Waals surface area contributed by atoms with Gasteiger partial charge in [-0.2, -0.15) is 0 Å². The minimum Gasteiger partial charge on any atom is -0.347 e. The van der Waals surface area contributed by atoms with Crippen LogP contribution < -0.4 is 0 Å². The summed E-state index contributed by atoms with van der Waals surface area (Å²) in [4.78, 5) is 29.2. The minimum absolute atomic E-state index is 0.0447. The van der Waals surface area contributed by atoms with E-state index in [1.807, 2.05) is 55.1 Å². The second-order valence-electron chi connectivity index (χ2n) is 9.27. The molecular formula is C30H30N2O2. The molecule has 4 nitrogen and oxygen atoms in total. The molecule has 1 atom stereocenters. The van der Waals surface area contributed by atoms with E-state index in [-0.39, 0.29) is 11.7 Å². The number of aromatic nitrogens is 1. The number of benzene rings is 3. The van der Waals surface area contributed by atoms with Gasteiger partial charge in [0.25, 0.3) is 5.91 Å². The Bertz CT molecular complexity index is 1400. The number of hydrogen-bond acceptors (Lipinski definition) is 2. The molecule has 34 heavy (non-hydrogen) atoms. The maximum Gasteiger partial charge on any atom is 0.254 e. The highest BCUT2D eigenvalue weighted by atomic mass is 16.2. The molecule has 0 N–H and O–H groups in total. The largest absolute Gasteiger partial charge is 0.347 e. The average molecular weight is 451 g/mol. The maximum absolute atomic E-state index is 13.8. The third-order valence-corrected chi connectivity index (χ3v) is 7.20. The van der Waals surface area contributed by atoms with Gasteiger partial charge in [0.05, 0.1) is 5.56 Å². The molecule has 1 aromatic heterocycles. The number of carbonyl (C=O) groups excluding carboxylic acids is 2. The predicted molar refractivity (Wildman–Crippen MR) is 137 cm³/mol. The lowest BCUT2D eigenvalue weighted by Crippen LogP contribution is -2.30. The third kappa shape index (κ3) is 3.73. The first-order chi connectivity index (χ1) is 16.5. The highest BCUT2D eigenvalue weighted by Crippen LogP contribution is 2.35. The number of ketones is 1. The molecule has 1 aliphatic heterocycles. The monoisotopic (exact) mass is 450 g/mol. The van der Waals surface area contributed by atoms with Crippen molar-refractivity contribution in [1.82, 2.24) is 9.47 Å². The van der Waals surface area contributed by atoms with Crippen LogP contribution in [-0.2, 0) is 6.54 Å². The van der Waals surface area contributed by atoms with Crippen LogP contribution >= 0.6 is 0 Å². The molecule has 0 aliphatic carbocycles. The lowest BCUT2D eigenvalue weighted by Gasteiger charge is -2.20. The molecule has 5 rings (SSSR count). The Morgan fingerprint density at radius 2 is 1.59 bits per heavy atom. The molecule has 3 aromatic carbocycles. The summed E-state index contributed by atoms with van der Waals surface area (Å²) in [5.74, 6) is 0.157. The van der Waals surface area contributed by atoms with Crippen LogP contribution in [0.2, 0.25) is 0 Å². The van der Waals surface area contributed by atoms with Gasteiger partial charge < -0.3 is 9.47 Å². The van der Waals surface area contributed by atoms with Crippen molar-refractivity contribution in [2.24, 2.45) is 0 Å². The van der Waals surface area contributed by atoms with Crippen LogP contribution in [0, 0.1) is 13.8 Å². The Kier molecular flexibility index (Phi) is 5.82. The Balaban J connectivity index is 1.46.